The van der Waals surface area contributed by atoms with E-state index in [0.717, 1.165) is 31.5 Å². The lowest BCUT2D eigenvalue weighted by atomic mass is 10.0. The molecule has 1 amide bonds. The topological polar surface area (TPSA) is 63.7 Å². The predicted octanol–water partition coefficient (Wildman–Crippen LogP) is 4.81. The highest BCUT2D eigenvalue weighted by Crippen LogP contribution is 2.26. The minimum absolute atomic E-state index is 0.157. The van der Waals surface area contributed by atoms with Crippen LogP contribution >= 0.6 is 23.8 Å². The predicted molar refractivity (Wildman–Crippen MR) is 114 cm³/mol. The summed E-state index contributed by atoms with van der Waals surface area (Å²) in [6.45, 7) is 7.82. The average Bonchev–Trinajstić information content (AvgIpc) is 3.01. The fraction of sp³-hybridized carbons (Fsp3) is 0.550. The first-order chi connectivity index (χ1) is 13.6. The molecule has 1 saturated heterocycles. The molecule has 9 heteroatoms. The molecule has 0 atom stereocenters. The lowest BCUT2D eigenvalue weighted by Crippen LogP contribution is -2.47. The zero-order chi connectivity index (χ0) is 21.2. The van der Waals surface area contributed by atoms with E-state index in [1.165, 1.54) is 0 Å². The van der Waals surface area contributed by atoms with Gasteiger partial charge in [0, 0.05) is 26.2 Å². The van der Waals surface area contributed by atoms with Crippen LogP contribution < -0.4 is 0 Å². The van der Waals surface area contributed by atoms with Gasteiger partial charge in [0.25, 0.3) is 4.84 Å². The summed E-state index contributed by atoms with van der Waals surface area (Å²) < 4.78 is 12.8. The Balaban J connectivity index is 1.58. The number of nitrogens with zero attached hydrogens (tertiary/aromatic N) is 4. The number of rotatable bonds is 4. The molecule has 29 heavy (non-hydrogen) atoms. The first kappa shape index (κ1) is 21.8. The molecule has 1 aliphatic rings. The monoisotopic (exact) mass is 438 g/mol. The van der Waals surface area contributed by atoms with E-state index in [1.54, 1.807) is 22.7 Å². The molecule has 158 valence electrons. The summed E-state index contributed by atoms with van der Waals surface area (Å²) in [6.07, 6.45) is 1.44. The van der Waals surface area contributed by atoms with Gasteiger partial charge in [-0.2, -0.15) is 0 Å². The fourth-order valence-corrected chi connectivity index (χ4v) is 3.65. The SMILES string of the molecule is CN(C(=O)OC(C)(C)C)C1CCN(Cn2nc(-c3ccccc3Cl)oc2=S)CC1. The Morgan fingerprint density at radius 3 is 2.62 bits per heavy atom. The number of piperidine rings is 1. The van der Waals surface area contributed by atoms with Gasteiger partial charge in [-0.25, -0.2) is 9.48 Å². The third kappa shape index (κ3) is 5.58. The number of hydrogen-bond acceptors (Lipinski definition) is 6. The summed E-state index contributed by atoms with van der Waals surface area (Å²) in [6, 6.07) is 7.54. The van der Waals surface area contributed by atoms with Gasteiger partial charge < -0.3 is 14.1 Å². The molecule has 3 rings (SSSR count). The summed E-state index contributed by atoms with van der Waals surface area (Å²) in [4.78, 5) is 16.5. The van der Waals surface area contributed by atoms with Crippen molar-refractivity contribution in [2.75, 3.05) is 20.1 Å². The van der Waals surface area contributed by atoms with Gasteiger partial charge in [-0.1, -0.05) is 23.7 Å². The molecule has 0 radical (unpaired) electrons. The van der Waals surface area contributed by atoms with Crippen LogP contribution in [0.15, 0.2) is 28.7 Å². The van der Waals surface area contributed by atoms with Crippen molar-refractivity contribution < 1.29 is 13.9 Å². The number of ether oxygens (including phenoxy) is 1. The van der Waals surface area contributed by atoms with Crippen LogP contribution in [-0.4, -0.2) is 57.5 Å². The molecule has 0 aliphatic carbocycles. The van der Waals surface area contributed by atoms with Crippen LogP contribution in [0.25, 0.3) is 11.5 Å². The van der Waals surface area contributed by atoms with Crippen molar-refractivity contribution in [3.63, 3.8) is 0 Å². The quantitative estimate of drug-likeness (QED) is 0.638. The average molecular weight is 439 g/mol. The second-order valence-corrected chi connectivity index (χ2v) is 8.99. The van der Waals surface area contributed by atoms with Gasteiger partial charge in [-0.05, 0) is 58.0 Å². The number of hydrogen-bond donors (Lipinski definition) is 0. The van der Waals surface area contributed by atoms with Crippen molar-refractivity contribution in [3.8, 4) is 11.5 Å². The van der Waals surface area contributed by atoms with E-state index in [2.05, 4.69) is 10.00 Å². The van der Waals surface area contributed by atoms with Crippen molar-refractivity contribution in [3.05, 3.63) is 34.1 Å². The molecular weight excluding hydrogens is 412 g/mol. The van der Waals surface area contributed by atoms with Gasteiger partial charge in [0.15, 0.2) is 0 Å². The highest BCUT2D eigenvalue weighted by atomic mass is 35.5. The Morgan fingerprint density at radius 1 is 1.34 bits per heavy atom. The number of halogens is 1. The van der Waals surface area contributed by atoms with Crippen LogP contribution in [0, 0.1) is 4.84 Å². The summed E-state index contributed by atoms with van der Waals surface area (Å²) in [7, 11) is 1.80. The molecule has 1 aromatic carbocycles. The van der Waals surface area contributed by atoms with Crippen LogP contribution in [0.5, 0.6) is 0 Å². The number of aromatic nitrogens is 2. The van der Waals surface area contributed by atoms with Gasteiger partial charge in [0.1, 0.15) is 5.60 Å². The van der Waals surface area contributed by atoms with E-state index >= 15 is 0 Å². The van der Waals surface area contributed by atoms with Crippen molar-refractivity contribution in [2.45, 2.75) is 51.9 Å². The lowest BCUT2D eigenvalue weighted by Gasteiger charge is -2.37. The number of likely N-dealkylation sites (tertiary alicyclic amines) is 1. The Kier molecular flexibility index (Phi) is 6.65. The molecule has 0 N–H and O–H groups in total. The molecule has 0 spiro atoms. The smallest absolute Gasteiger partial charge is 0.410 e. The highest BCUT2D eigenvalue weighted by Gasteiger charge is 2.28. The summed E-state index contributed by atoms with van der Waals surface area (Å²) in [5.74, 6) is 0.417. The molecular formula is C20H27ClN4O3S. The van der Waals surface area contributed by atoms with Gasteiger partial charge in [0.05, 0.1) is 17.3 Å². The Labute approximate surface area is 181 Å². The fourth-order valence-electron chi connectivity index (χ4n) is 3.26. The van der Waals surface area contributed by atoms with Gasteiger partial charge >= 0.3 is 6.09 Å². The summed E-state index contributed by atoms with van der Waals surface area (Å²) in [5.41, 5.74) is 0.228. The largest absolute Gasteiger partial charge is 0.444 e. The molecule has 1 aromatic heterocycles. The molecule has 1 fully saturated rings. The van der Waals surface area contributed by atoms with Crippen LogP contribution in [-0.2, 0) is 11.4 Å². The summed E-state index contributed by atoms with van der Waals surface area (Å²) in [5, 5.41) is 5.06. The lowest BCUT2D eigenvalue weighted by molar-refractivity contribution is 0.0134. The number of benzene rings is 1. The maximum Gasteiger partial charge on any atom is 0.410 e. The van der Waals surface area contributed by atoms with Crippen LogP contribution in [0.1, 0.15) is 33.6 Å². The van der Waals surface area contributed by atoms with E-state index in [4.69, 9.17) is 33.0 Å². The highest BCUT2D eigenvalue weighted by molar-refractivity contribution is 7.71. The van der Waals surface area contributed by atoms with Crippen molar-refractivity contribution in [1.82, 2.24) is 19.6 Å². The first-order valence-corrected chi connectivity index (χ1v) is 10.4. The minimum Gasteiger partial charge on any atom is -0.444 e. The third-order valence-corrected chi connectivity index (χ3v) is 5.45. The maximum atomic E-state index is 12.3. The second kappa shape index (κ2) is 8.85. The standard InChI is InChI=1S/C20H27ClN4O3S/c1-20(2,3)28-18(26)23(4)14-9-11-24(12-10-14)13-25-19(29)27-17(22-25)15-7-5-6-8-16(15)21/h5-8,14H,9-13H2,1-4H3. The molecule has 7 nitrogen and oxygen atoms in total. The summed E-state index contributed by atoms with van der Waals surface area (Å²) >= 11 is 11.6. The number of carbonyl (C=O) groups is 1. The number of carbonyl (C=O) groups excluding carboxylic acids is 1. The van der Waals surface area contributed by atoms with E-state index in [0.29, 0.717) is 22.4 Å². The van der Waals surface area contributed by atoms with Gasteiger partial charge in [0.2, 0.25) is 5.89 Å². The molecule has 0 unspecified atom stereocenters. The van der Waals surface area contributed by atoms with Crippen molar-refractivity contribution in [2.24, 2.45) is 0 Å². The van der Waals surface area contributed by atoms with Gasteiger partial charge in [-0.3, -0.25) is 4.90 Å². The molecule has 0 saturated carbocycles. The minimum atomic E-state index is -0.491. The third-order valence-electron chi connectivity index (χ3n) is 4.83. The van der Waals surface area contributed by atoms with E-state index in [1.807, 2.05) is 39.0 Å². The Bertz CT molecular complexity index is 913. The zero-order valence-electron chi connectivity index (χ0n) is 17.2. The molecule has 0 bridgehead atoms. The Hall–Kier alpha value is -1.90. The van der Waals surface area contributed by atoms with E-state index < -0.39 is 5.60 Å². The van der Waals surface area contributed by atoms with Crippen LogP contribution in [0.3, 0.4) is 0 Å². The van der Waals surface area contributed by atoms with Crippen LogP contribution in [0.4, 0.5) is 4.79 Å². The zero-order valence-corrected chi connectivity index (χ0v) is 18.8. The maximum absolute atomic E-state index is 12.3. The molecule has 1 aliphatic heterocycles. The Morgan fingerprint density at radius 2 is 2.00 bits per heavy atom. The van der Waals surface area contributed by atoms with E-state index in [-0.39, 0.29) is 12.1 Å². The molecule has 2 aromatic rings. The van der Waals surface area contributed by atoms with Crippen molar-refractivity contribution in [1.29, 1.82) is 0 Å². The first-order valence-electron chi connectivity index (χ1n) is 9.65. The van der Waals surface area contributed by atoms with Crippen LogP contribution in [0.2, 0.25) is 5.02 Å². The second-order valence-electron chi connectivity index (χ2n) is 8.23. The molecule has 2 heterocycles. The number of amides is 1. The van der Waals surface area contributed by atoms with Gasteiger partial charge in [-0.15, -0.1) is 5.10 Å². The van der Waals surface area contributed by atoms with Crippen molar-refractivity contribution >= 4 is 29.9 Å². The normalized spacial score (nSPS) is 16.0. The van der Waals surface area contributed by atoms with E-state index in [9.17, 15) is 4.79 Å².